The van der Waals surface area contributed by atoms with Gasteiger partial charge in [0, 0.05) is 40.8 Å². The van der Waals surface area contributed by atoms with Crippen LogP contribution >= 0.6 is 0 Å². The van der Waals surface area contributed by atoms with Gasteiger partial charge in [-0.2, -0.15) is 4.57 Å². The number of hydrogen-bond donors (Lipinski definition) is 0. The van der Waals surface area contributed by atoms with Crippen LogP contribution in [0.2, 0.25) is 0 Å². The van der Waals surface area contributed by atoms with Crippen molar-refractivity contribution in [2.75, 3.05) is 20.6 Å². The minimum absolute atomic E-state index is 1.04. The van der Waals surface area contributed by atoms with Crippen molar-refractivity contribution in [3.05, 3.63) is 101 Å². The summed E-state index contributed by atoms with van der Waals surface area (Å²) in [5.41, 5.74) is 14.7. The molecule has 4 aromatic rings. The summed E-state index contributed by atoms with van der Waals surface area (Å²) < 4.78 is 2.70. The molecule has 3 aromatic carbocycles. The first-order valence-corrected chi connectivity index (χ1v) is 12.7. The molecule has 0 aliphatic heterocycles. The Kier molecular flexibility index (Phi) is 5.55. The molecule has 0 bridgehead atoms. The maximum atomic E-state index is 2.70. The molecule has 2 heteroatoms. The van der Waals surface area contributed by atoms with Crippen molar-refractivity contribution < 1.29 is 4.57 Å². The van der Waals surface area contributed by atoms with Crippen LogP contribution in [0.3, 0.4) is 0 Å². The molecule has 0 amide bonds. The number of aromatic nitrogens is 1. The minimum Gasteiger partial charge on any atom is -0.309 e. The smallest absolute Gasteiger partial charge is 0.217 e. The summed E-state index contributed by atoms with van der Waals surface area (Å²) in [6.45, 7) is 2.14. The lowest BCUT2D eigenvalue weighted by Crippen LogP contribution is -2.44. The Balaban J connectivity index is 1.70. The lowest BCUT2D eigenvalue weighted by Gasteiger charge is -2.28. The van der Waals surface area contributed by atoms with E-state index in [1.165, 1.54) is 44.8 Å². The van der Waals surface area contributed by atoms with Gasteiger partial charge in [-0.1, -0.05) is 66.7 Å². The molecule has 0 spiro atoms. The zero-order valence-corrected chi connectivity index (χ0v) is 20.3. The van der Waals surface area contributed by atoms with Crippen molar-refractivity contribution in [1.82, 2.24) is 4.90 Å². The molecular weight excluding hydrogens is 412 g/mol. The fraction of sp³-hybridized carbons (Fsp3) is 0.281. The van der Waals surface area contributed by atoms with E-state index in [9.17, 15) is 0 Å². The number of aryl methyl sites for hydroxylation is 2. The third-order valence-corrected chi connectivity index (χ3v) is 7.60. The van der Waals surface area contributed by atoms with Gasteiger partial charge < -0.3 is 4.90 Å². The zero-order chi connectivity index (χ0) is 23.1. The molecule has 0 radical (unpaired) electrons. The van der Waals surface area contributed by atoms with Crippen LogP contribution in [0.25, 0.3) is 33.6 Å². The number of benzene rings is 3. The summed E-state index contributed by atoms with van der Waals surface area (Å²) in [4.78, 5) is 2.31. The fourth-order valence-electron chi connectivity index (χ4n) is 6.14. The van der Waals surface area contributed by atoms with Crippen molar-refractivity contribution >= 4 is 0 Å². The molecule has 34 heavy (non-hydrogen) atoms. The molecule has 0 saturated heterocycles. The highest BCUT2D eigenvalue weighted by Gasteiger charge is 2.37. The quantitative estimate of drug-likeness (QED) is 0.336. The third kappa shape index (κ3) is 3.58. The van der Waals surface area contributed by atoms with Gasteiger partial charge in [0.25, 0.3) is 0 Å². The predicted octanol–water partition coefficient (Wildman–Crippen LogP) is 6.12. The average Bonchev–Trinajstić information content (AvgIpc) is 2.88. The van der Waals surface area contributed by atoms with Crippen LogP contribution in [0.1, 0.15) is 28.7 Å². The van der Waals surface area contributed by atoms with Crippen molar-refractivity contribution in [2.24, 2.45) is 0 Å². The van der Waals surface area contributed by atoms with Crippen molar-refractivity contribution in [3.63, 3.8) is 0 Å². The average molecular weight is 446 g/mol. The summed E-state index contributed by atoms with van der Waals surface area (Å²) in [7, 11) is 4.36. The van der Waals surface area contributed by atoms with Gasteiger partial charge in [0.05, 0.1) is 0 Å². The Morgan fingerprint density at radius 1 is 0.647 bits per heavy atom. The Bertz CT molecular complexity index is 1270. The molecular formula is C32H33N2+. The van der Waals surface area contributed by atoms with Crippen molar-refractivity contribution in [2.45, 2.75) is 38.6 Å². The highest BCUT2D eigenvalue weighted by Crippen LogP contribution is 2.44. The number of nitrogens with zero attached hydrogens (tertiary/aromatic N) is 2. The van der Waals surface area contributed by atoms with Crippen LogP contribution in [0.15, 0.2) is 78.9 Å². The summed E-state index contributed by atoms with van der Waals surface area (Å²) in [5, 5.41) is 0. The standard InChI is InChI=1S/C32H33N2/c1-33(2)21-10-22-34-31-26-15-8-6-11-23(26)17-19-28(31)30(25-13-4-3-5-14-25)29-20-18-24-12-7-9-16-27(24)32(29)34/h3-9,11-16H,10,17-22H2,1-2H3/q+1. The van der Waals surface area contributed by atoms with E-state index in [1.807, 2.05) is 0 Å². The fourth-order valence-corrected chi connectivity index (χ4v) is 6.14. The van der Waals surface area contributed by atoms with E-state index in [0.717, 1.165) is 45.2 Å². The van der Waals surface area contributed by atoms with E-state index < -0.39 is 0 Å². The predicted molar refractivity (Wildman–Crippen MR) is 141 cm³/mol. The maximum absolute atomic E-state index is 2.70. The molecule has 6 rings (SSSR count). The first-order chi connectivity index (χ1) is 16.7. The summed E-state index contributed by atoms with van der Waals surface area (Å²) in [6, 6.07) is 29.4. The second-order valence-electron chi connectivity index (χ2n) is 10.0. The normalized spacial score (nSPS) is 13.7. The molecule has 170 valence electrons. The molecule has 1 heterocycles. The van der Waals surface area contributed by atoms with Gasteiger partial charge in [-0.05, 0) is 68.6 Å². The molecule has 2 aliphatic carbocycles. The molecule has 0 unspecified atom stereocenters. The van der Waals surface area contributed by atoms with Crippen LogP contribution in [0.4, 0.5) is 0 Å². The Labute approximate surface area is 203 Å². The number of rotatable bonds is 5. The minimum atomic E-state index is 1.04. The van der Waals surface area contributed by atoms with Gasteiger partial charge >= 0.3 is 0 Å². The first kappa shape index (κ1) is 21.3. The number of hydrogen-bond acceptors (Lipinski definition) is 1. The zero-order valence-electron chi connectivity index (χ0n) is 20.3. The van der Waals surface area contributed by atoms with E-state index in [2.05, 4.69) is 102 Å². The molecule has 1 aromatic heterocycles. The van der Waals surface area contributed by atoms with Crippen LogP contribution in [0.5, 0.6) is 0 Å². The Morgan fingerprint density at radius 2 is 1.18 bits per heavy atom. The lowest BCUT2D eigenvalue weighted by molar-refractivity contribution is -0.676. The van der Waals surface area contributed by atoms with Gasteiger partial charge in [0.2, 0.25) is 11.4 Å². The highest BCUT2D eigenvalue weighted by atomic mass is 15.1. The molecule has 2 aliphatic rings. The van der Waals surface area contributed by atoms with Crippen LogP contribution in [0, 0.1) is 0 Å². The van der Waals surface area contributed by atoms with Gasteiger partial charge in [0.15, 0.2) is 6.54 Å². The summed E-state index contributed by atoms with van der Waals surface area (Å²) in [5.74, 6) is 0. The van der Waals surface area contributed by atoms with Crippen molar-refractivity contribution in [1.29, 1.82) is 0 Å². The maximum Gasteiger partial charge on any atom is 0.217 e. The van der Waals surface area contributed by atoms with Crippen LogP contribution < -0.4 is 4.57 Å². The number of fused-ring (bicyclic) bond motifs is 6. The molecule has 0 fully saturated rings. The first-order valence-electron chi connectivity index (χ1n) is 12.7. The topological polar surface area (TPSA) is 7.12 Å². The van der Waals surface area contributed by atoms with E-state index in [1.54, 1.807) is 11.1 Å². The van der Waals surface area contributed by atoms with Gasteiger partial charge in [0.1, 0.15) is 0 Å². The second-order valence-corrected chi connectivity index (χ2v) is 10.0. The highest BCUT2D eigenvalue weighted by molar-refractivity contribution is 5.85. The third-order valence-electron chi connectivity index (χ3n) is 7.60. The lowest BCUT2D eigenvalue weighted by atomic mass is 9.77. The summed E-state index contributed by atoms with van der Waals surface area (Å²) >= 11 is 0. The second kappa shape index (κ2) is 8.85. The van der Waals surface area contributed by atoms with E-state index in [-0.39, 0.29) is 0 Å². The largest absolute Gasteiger partial charge is 0.309 e. The Hall–Kier alpha value is -3.23. The molecule has 2 nitrogen and oxygen atoms in total. The monoisotopic (exact) mass is 445 g/mol. The van der Waals surface area contributed by atoms with Gasteiger partial charge in [-0.25, -0.2) is 0 Å². The van der Waals surface area contributed by atoms with Gasteiger partial charge in [-0.15, -0.1) is 0 Å². The SMILES string of the molecule is CN(C)CCC[n+]1c2c(c(-c3ccccc3)c3c1-c1ccccc1CC3)CCc1ccccc1-2. The molecule has 0 saturated carbocycles. The van der Waals surface area contributed by atoms with Crippen molar-refractivity contribution in [3.8, 4) is 33.6 Å². The van der Waals surface area contributed by atoms with E-state index >= 15 is 0 Å². The van der Waals surface area contributed by atoms with Crippen LogP contribution in [-0.2, 0) is 32.2 Å². The van der Waals surface area contributed by atoms with Crippen LogP contribution in [-0.4, -0.2) is 25.5 Å². The van der Waals surface area contributed by atoms with Gasteiger partial charge in [-0.3, -0.25) is 0 Å². The van der Waals surface area contributed by atoms with E-state index in [4.69, 9.17) is 0 Å². The summed E-state index contributed by atoms with van der Waals surface area (Å²) in [6.07, 6.45) is 5.61. The van der Waals surface area contributed by atoms with E-state index in [0.29, 0.717) is 0 Å². The molecule has 0 atom stereocenters. The Morgan fingerprint density at radius 3 is 1.74 bits per heavy atom. The number of pyridine rings is 1. The molecule has 0 N–H and O–H groups in total.